The van der Waals surface area contributed by atoms with E-state index in [-0.39, 0.29) is 29.6 Å². The van der Waals surface area contributed by atoms with Gasteiger partial charge in [0.2, 0.25) is 0 Å². The number of carbonyl (C=O) groups is 1. The predicted molar refractivity (Wildman–Crippen MR) is 44.9 cm³/mol. The molecule has 2 N–H and O–H groups in total. The number of aliphatic carboxylic acids is 1. The molecule has 1 aromatic carbocycles. The van der Waals surface area contributed by atoms with E-state index >= 15 is 0 Å². The van der Waals surface area contributed by atoms with Gasteiger partial charge in [-0.15, -0.1) is 0 Å². The minimum atomic E-state index is -1.20. The van der Waals surface area contributed by atoms with Crippen LogP contribution < -0.4 is 40.4 Å². The first-order chi connectivity index (χ1) is 5.68. The van der Waals surface area contributed by atoms with Crippen LogP contribution in [0.2, 0.25) is 0 Å². The Balaban J connectivity index is 0.00000144. The smallest absolute Gasteiger partial charge is 0.545 e. The molecule has 62 valence electrons. The SMILES string of the molecule is Nc1ccc(C=CC(=O)[O-])cc1.[Na+]. The summed E-state index contributed by atoms with van der Waals surface area (Å²) in [7, 11) is 0. The molecule has 1 aromatic rings. The van der Waals surface area contributed by atoms with Gasteiger partial charge in [-0.1, -0.05) is 18.2 Å². The van der Waals surface area contributed by atoms with Crippen molar-refractivity contribution < 1.29 is 39.5 Å². The minimum Gasteiger partial charge on any atom is -0.545 e. The van der Waals surface area contributed by atoms with Crippen LogP contribution in [0.4, 0.5) is 5.69 Å². The van der Waals surface area contributed by atoms with Crippen LogP contribution in [-0.2, 0) is 4.79 Å². The number of carbonyl (C=O) groups excluding carboxylic acids is 1. The van der Waals surface area contributed by atoms with Gasteiger partial charge < -0.3 is 15.6 Å². The zero-order chi connectivity index (χ0) is 8.97. The molecule has 0 radical (unpaired) electrons. The minimum absolute atomic E-state index is 0. The summed E-state index contributed by atoms with van der Waals surface area (Å²) < 4.78 is 0. The predicted octanol–water partition coefficient (Wildman–Crippen LogP) is -2.96. The summed E-state index contributed by atoms with van der Waals surface area (Å²) in [5, 5.41) is 10.0. The molecule has 0 saturated heterocycles. The number of nitrogens with two attached hydrogens (primary N) is 1. The average Bonchev–Trinajstić information content (AvgIpc) is 2.03. The molecule has 0 aliphatic heterocycles. The van der Waals surface area contributed by atoms with Crippen molar-refractivity contribution in [1.29, 1.82) is 0 Å². The molecule has 0 atom stereocenters. The second-order valence-corrected chi connectivity index (χ2v) is 2.32. The van der Waals surface area contributed by atoms with E-state index in [1.54, 1.807) is 24.3 Å². The number of anilines is 1. The summed E-state index contributed by atoms with van der Waals surface area (Å²) in [6.07, 6.45) is 2.43. The molecular formula is C9H8NNaO2. The first-order valence-corrected chi connectivity index (χ1v) is 3.43. The third-order valence-electron chi connectivity index (χ3n) is 1.35. The largest absolute Gasteiger partial charge is 1.00 e. The van der Waals surface area contributed by atoms with Gasteiger partial charge in [-0.2, -0.15) is 0 Å². The van der Waals surface area contributed by atoms with E-state index in [9.17, 15) is 9.90 Å². The number of benzene rings is 1. The van der Waals surface area contributed by atoms with Gasteiger partial charge in [0.05, 0.1) is 5.97 Å². The molecule has 0 heterocycles. The Morgan fingerprint density at radius 3 is 2.31 bits per heavy atom. The summed E-state index contributed by atoms with van der Waals surface area (Å²) in [5.74, 6) is -1.20. The Morgan fingerprint density at radius 2 is 1.85 bits per heavy atom. The first-order valence-electron chi connectivity index (χ1n) is 3.43. The van der Waals surface area contributed by atoms with Crippen molar-refractivity contribution in [3.8, 4) is 0 Å². The Bertz CT molecular complexity index is 306. The van der Waals surface area contributed by atoms with E-state index in [2.05, 4.69) is 0 Å². The molecule has 3 nitrogen and oxygen atoms in total. The molecule has 0 aliphatic rings. The quantitative estimate of drug-likeness (QED) is 0.304. The molecule has 0 aromatic heterocycles. The fourth-order valence-corrected chi connectivity index (χ4v) is 0.771. The molecule has 0 amide bonds. The summed E-state index contributed by atoms with van der Waals surface area (Å²) in [4.78, 5) is 10.0. The number of hydrogen-bond acceptors (Lipinski definition) is 3. The first kappa shape index (κ1) is 12.2. The summed E-state index contributed by atoms with van der Waals surface area (Å²) in [5.41, 5.74) is 6.87. The van der Waals surface area contributed by atoms with Gasteiger partial charge in [0, 0.05) is 5.69 Å². The van der Waals surface area contributed by atoms with Crippen LogP contribution in [0, 0.1) is 0 Å². The normalized spacial score (nSPS) is 9.54. The summed E-state index contributed by atoms with van der Waals surface area (Å²) in [6.45, 7) is 0. The topological polar surface area (TPSA) is 66.2 Å². The van der Waals surface area contributed by atoms with Crippen molar-refractivity contribution in [2.75, 3.05) is 5.73 Å². The van der Waals surface area contributed by atoms with E-state index in [0.717, 1.165) is 11.6 Å². The zero-order valence-electron chi connectivity index (χ0n) is 7.36. The Morgan fingerprint density at radius 1 is 1.31 bits per heavy atom. The van der Waals surface area contributed by atoms with E-state index in [1.165, 1.54) is 6.08 Å². The molecule has 0 fully saturated rings. The van der Waals surface area contributed by atoms with Crippen LogP contribution in [0.3, 0.4) is 0 Å². The second-order valence-electron chi connectivity index (χ2n) is 2.32. The molecule has 0 unspecified atom stereocenters. The van der Waals surface area contributed by atoms with Crippen molar-refractivity contribution >= 4 is 17.7 Å². The third-order valence-corrected chi connectivity index (χ3v) is 1.35. The Hall–Kier alpha value is -0.770. The average molecular weight is 185 g/mol. The molecule has 0 aliphatic carbocycles. The molecule has 0 bridgehead atoms. The van der Waals surface area contributed by atoms with Crippen LogP contribution in [0.1, 0.15) is 5.56 Å². The van der Waals surface area contributed by atoms with Crippen molar-refractivity contribution in [1.82, 2.24) is 0 Å². The van der Waals surface area contributed by atoms with Crippen molar-refractivity contribution in [3.05, 3.63) is 35.9 Å². The summed E-state index contributed by atoms with van der Waals surface area (Å²) in [6, 6.07) is 6.87. The van der Waals surface area contributed by atoms with Crippen LogP contribution in [0.5, 0.6) is 0 Å². The van der Waals surface area contributed by atoms with Crippen molar-refractivity contribution in [2.45, 2.75) is 0 Å². The maximum Gasteiger partial charge on any atom is 1.00 e. The number of carboxylic acids is 1. The second kappa shape index (κ2) is 5.80. The number of carboxylic acid groups (broad SMARTS) is 1. The van der Waals surface area contributed by atoms with Crippen LogP contribution >= 0.6 is 0 Å². The standard InChI is InChI=1S/C9H9NO2.Na/c10-8-4-1-7(2-5-8)3-6-9(11)12;/h1-6H,10H2,(H,11,12);/q;+1/p-1. The Kier molecular flexibility index (Phi) is 5.46. The van der Waals surface area contributed by atoms with Gasteiger partial charge in [0.1, 0.15) is 0 Å². The van der Waals surface area contributed by atoms with Crippen LogP contribution in [0.25, 0.3) is 6.08 Å². The maximum absolute atomic E-state index is 10.0. The van der Waals surface area contributed by atoms with E-state index in [1.807, 2.05) is 0 Å². The third kappa shape index (κ3) is 4.72. The summed E-state index contributed by atoms with van der Waals surface area (Å²) >= 11 is 0. The fraction of sp³-hybridized carbons (Fsp3) is 0. The van der Waals surface area contributed by atoms with Crippen LogP contribution in [-0.4, -0.2) is 5.97 Å². The number of nitrogen functional groups attached to an aromatic ring is 1. The fourth-order valence-electron chi connectivity index (χ4n) is 0.771. The van der Waals surface area contributed by atoms with Gasteiger partial charge in [-0.25, -0.2) is 0 Å². The van der Waals surface area contributed by atoms with E-state index in [0.29, 0.717) is 5.69 Å². The molecule has 1 rings (SSSR count). The van der Waals surface area contributed by atoms with Crippen molar-refractivity contribution in [2.24, 2.45) is 0 Å². The van der Waals surface area contributed by atoms with E-state index < -0.39 is 5.97 Å². The van der Waals surface area contributed by atoms with E-state index in [4.69, 9.17) is 5.73 Å². The number of hydrogen-bond donors (Lipinski definition) is 1. The van der Waals surface area contributed by atoms with Crippen LogP contribution in [0.15, 0.2) is 30.3 Å². The molecule has 0 spiro atoms. The zero-order valence-corrected chi connectivity index (χ0v) is 9.36. The van der Waals surface area contributed by atoms with Gasteiger partial charge in [-0.3, -0.25) is 0 Å². The van der Waals surface area contributed by atoms with Crippen molar-refractivity contribution in [3.63, 3.8) is 0 Å². The van der Waals surface area contributed by atoms with Gasteiger partial charge >= 0.3 is 29.6 Å². The molecular weight excluding hydrogens is 177 g/mol. The van der Waals surface area contributed by atoms with Gasteiger partial charge in [0.15, 0.2) is 0 Å². The van der Waals surface area contributed by atoms with Gasteiger partial charge in [0.25, 0.3) is 0 Å². The number of rotatable bonds is 2. The van der Waals surface area contributed by atoms with Gasteiger partial charge in [-0.05, 0) is 23.8 Å². The molecule has 4 heteroatoms. The molecule has 0 saturated carbocycles. The molecule has 13 heavy (non-hydrogen) atoms. The monoisotopic (exact) mass is 185 g/mol. The maximum atomic E-state index is 10.0. The Labute approximate surface area is 98.5 Å².